The second-order valence-electron chi connectivity index (χ2n) is 5.40. The summed E-state index contributed by atoms with van der Waals surface area (Å²) in [5, 5.41) is 17.3. The molecule has 0 heterocycles. The van der Waals surface area contributed by atoms with Crippen LogP contribution in [0.15, 0.2) is 0 Å². The van der Waals surface area contributed by atoms with Gasteiger partial charge < -0.3 is 4.90 Å². The van der Waals surface area contributed by atoms with Gasteiger partial charge in [-0.15, -0.1) is 0 Å². The van der Waals surface area contributed by atoms with Crippen LogP contribution in [0.2, 0.25) is 0 Å². The van der Waals surface area contributed by atoms with Crippen LogP contribution in [0.4, 0.5) is 0 Å². The molecule has 1 fully saturated rings. The van der Waals surface area contributed by atoms with E-state index in [1.165, 1.54) is 32.1 Å². The predicted octanol–water partition coefficient (Wildman–Crippen LogP) is 1.91. The number of rotatable bonds is 7. The minimum Gasteiger partial charge on any atom is -0.340 e. The molecule has 1 aliphatic carbocycles. The lowest BCUT2D eigenvalue weighted by Gasteiger charge is -2.32. The van der Waals surface area contributed by atoms with Crippen LogP contribution in [-0.4, -0.2) is 48.4 Å². The minimum atomic E-state index is 0.0311. The number of nitrogens with zero attached hydrogens (tertiary/aromatic N) is 4. The number of nitriles is 2. The van der Waals surface area contributed by atoms with Crippen molar-refractivity contribution in [1.82, 2.24) is 9.80 Å². The van der Waals surface area contributed by atoms with Gasteiger partial charge in [0.2, 0.25) is 5.91 Å². The van der Waals surface area contributed by atoms with Crippen molar-refractivity contribution in [1.29, 1.82) is 10.5 Å². The molecule has 1 aliphatic rings. The number of likely N-dealkylation sites (N-methyl/N-ethyl adjacent to an activating group) is 1. The van der Waals surface area contributed by atoms with E-state index in [2.05, 4.69) is 17.0 Å². The highest BCUT2D eigenvalue weighted by Crippen LogP contribution is 2.21. The van der Waals surface area contributed by atoms with Gasteiger partial charge in [-0.05, 0) is 19.9 Å². The van der Waals surface area contributed by atoms with Crippen molar-refractivity contribution in [3.05, 3.63) is 0 Å². The zero-order chi connectivity index (χ0) is 14.8. The average Bonchev–Trinajstić information content (AvgIpc) is 2.48. The molecule has 0 bridgehead atoms. The Morgan fingerprint density at radius 2 is 1.65 bits per heavy atom. The van der Waals surface area contributed by atoms with Crippen LogP contribution in [-0.2, 0) is 4.79 Å². The van der Waals surface area contributed by atoms with Crippen molar-refractivity contribution in [3.63, 3.8) is 0 Å². The van der Waals surface area contributed by atoms with Crippen molar-refractivity contribution in [2.75, 3.05) is 26.7 Å². The summed E-state index contributed by atoms with van der Waals surface area (Å²) in [6.45, 7) is 1.24. The van der Waals surface area contributed by atoms with Crippen LogP contribution in [0.5, 0.6) is 0 Å². The van der Waals surface area contributed by atoms with Gasteiger partial charge in [0.1, 0.15) is 0 Å². The fourth-order valence-corrected chi connectivity index (χ4v) is 2.70. The molecule has 110 valence electrons. The lowest BCUT2D eigenvalue weighted by Crippen LogP contribution is -2.44. The summed E-state index contributed by atoms with van der Waals surface area (Å²) in [6.07, 6.45) is 6.77. The number of carbonyl (C=O) groups excluding carboxylic acids is 1. The number of hydrogen-bond donors (Lipinski definition) is 0. The Labute approximate surface area is 121 Å². The van der Waals surface area contributed by atoms with Crippen LogP contribution in [0, 0.1) is 22.7 Å². The molecular formula is C15H24N4O. The van der Waals surface area contributed by atoms with Gasteiger partial charge in [-0.2, -0.15) is 10.5 Å². The molecule has 1 saturated carbocycles. The van der Waals surface area contributed by atoms with Crippen LogP contribution >= 0.6 is 0 Å². The van der Waals surface area contributed by atoms with Crippen LogP contribution in [0.25, 0.3) is 0 Å². The third kappa shape index (κ3) is 5.59. The second-order valence-corrected chi connectivity index (χ2v) is 5.40. The number of carbonyl (C=O) groups is 1. The van der Waals surface area contributed by atoms with E-state index in [-0.39, 0.29) is 5.91 Å². The second kappa shape index (κ2) is 9.34. The molecule has 0 atom stereocenters. The van der Waals surface area contributed by atoms with Crippen molar-refractivity contribution in [3.8, 4) is 12.1 Å². The molecule has 0 aliphatic heterocycles. The van der Waals surface area contributed by atoms with E-state index in [1.807, 2.05) is 7.05 Å². The first-order chi connectivity index (χ1) is 9.69. The molecule has 0 aromatic heterocycles. The summed E-state index contributed by atoms with van der Waals surface area (Å²) < 4.78 is 0. The summed E-state index contributed by atoms with van der Waals surface area (Å²) in [4.78, 5) is 16.1. The van der Waals surface area contributed by atoms with Gasteiger partial charge in [0, 0.05) is 19.1 Å². The highest BCUT2D eigenvalue weighted by Gasteiger charge is 2.22. The van der Waals surface area contributed by atoms with Crippen LogP contribution < -0.4 is 0 Å². The molecule has 0 saturated heterocycles. The quantitative estimate of drug-likeness (QED) is 0.712. The molecule has 0 aromatic rings. The minimum absolute atomic E-state index is 0.0311. The lowest BCUT2D eigenvalue weighted by molar-refractivity contribution is -0.132. The van der Waals surface area contributed by atoms with Gasteiger partial charge in [-0.1, -0.05) is 19.3 Å². The van der Waals surface area contributed by atoms with Gasteiger partial charge >= 0.3 is 0 Å². The zero-order valence-electron chi connectivity index (χ0n) is 12.3. The first-order valence-corrected chi connectivity index (χ1v) is 7.41. The van der Waals surface area contributed by atoms with E-state index < -0.39 is 0 Å². The standard InChI is InChI=1S/C15H24N4O/c1-18(14-7-3-2-4-8-14)13-15(20)19(11-5-9-16)12-6-10-17/h14H,2-8,11-13H2,1H3. The maximum absolute atomic E-state index is 12.3. The predicted molar refractivity (Wildman–Crippen MR) is 76.5 cm³/mol. The molecule has 1 amide bonds. The molecule has 0 unspecified atom stereocenters. The highest BCUT2D eigenvalue weighted by atomic mass is 16.2. The van der Waals surface area contributed by atoms with Gasteiger partial charge in [0.15, 0.2) is 0 Å². The van der Waals surface area contributed by atoms with E-state index >= 15 is 0 Å². The number of hydrogen-bond acceptors (Lipinski definition) is 4. The zero-order valence-corrected chi connectivity index (χ0v) is 12.3. The SMILES string of the molecule is CN(CC(=O)N(CCC#N)CCC#N)C1CCCCC1. The Morgan fingerprint density at radius 3 is 2.15 bits per heavy atom. The molecule has 20 heavy (non-hydrogen) atoms. The molecule has 0 spiro atoms. The van der Waals surface area contributed by atoms with E-state index in [0.717, 1.165) is 0 Å². The Kier molecular flexibility index (Phi) is 7.69. The van der Waals surface area contributed by atoms with Crippen molar-refractivity contribution in [2.24, 2.45) is 0 Å². The molecule has 5 heteroatoms. The van der Waals surface area contributed by atoms with Crippen molar-refractivity contribution < 1.29 is 4.79 Å². The highest BCUT2D eigenvalue weighted by molar-refractivity contribution is 5.78. The molecule has 0 N–H and O–H groups in total. The largest absolute Gasteiger partial charge is 0.340 e. The summed E-state index contributed by atoms with van der Waals surface area (Å²) in [5.74, 6) is 0.0311. The van der Waals surface area contributed by atoms with Gasteiger partial charge in [0.05, 0.1) is 31.5 Å². The Balaban J connectivity index is 2.46. The molecular weight excluding hydrogens is 252 g/mol. The van der Waals surface area contributed by atoms with E-state index in [1.54, 1.807) is 4.90 Å². The maximum atomic E-state index is 12.3. The van der Waals surface area contributed by atoms with E-state index in [0.29, 0.717) is 38.5 Å². The van der Waals surface area contributed by atoms with Crippen molar-refractivity contribution >= 4 is 5.91 Å². The maximum Gasteiger partial charge on any atom is 0.236 e. The average molecular weight is 276 g/mol. The monoisotopic (exact) mass is 276 g/mol. The Bertz CT molecular complexity index is 358. The van der Waals surface area contributed by atoms with Gasteiger partial charge in [-0.25, -0.2) is 0 Å². The Hall–Kier alpha value is -1.59. The summed E-state index contributed by atoms with van der Waals surface area (Å²) in [5.41, 5.74) is 0. The fourth-order valence-electron chi connectivity index (χ4n) is 2.70. The topological polar surface area (TPSA) is 71.1 Å². The molecule has 0 aromatic carbocycles. The third-order valence-electron chi connectivity index (χ3n) is 3.92. The molecule has 1 rings (SSSR count). The van der Waals surface area contributed by atoms with Gasteiger partial charge in [-0.3, -0.25) is 9.69 Å². The molecule has 0 radical (unpaired) electrons. The first kappa shape index (κ1) is 16.5. The summed E-state index contributed by atoms with van der Waals surface area (Å²) in [7, 11) is 2.00. The van der Waals surface area contributed by atoms with Crippen LogP contribution in [0.3, 0.4) is 0 Å². The van der Waals surface area contributed by atoms with Crippen molar-refractivity contribution in [2.45, 2.75) is 51.0 Å². The van der Waals surface area contributed by atoms with E-state index in [9.17, 15) is 4.79 Å². The Morgan fingerprint density at radius 1 is 1.10 bits per heavy atom. The molecule has 5 nitrogen and oxygen atoms in total. The normalized spacial score (nSPS) is 15.6. The third-order valence-corrected chi connectivity index (χ3v) is 3.92. The van der Waals surface area contributed by atoms with E-state index in [4.69, 9.17) is 10.5 Å². The first-order valence-electron chi connectivity index (χ1n) is 7.41. The van der Waals surface area contributed by atoms with Crippen LogP contribution in [0.1, 0.15) is 44.9 Å². The van der Waals surface area contributed by atoms with Gasteiger partial charge in [0.25, 0.3) is 0 Å². The smallest absolute Gasteiger partial charge is 0.236 e. The lowest BCUT2D eigenvalue weighted by atomic mass is 9.94. The summed E-state index contributed by atoms with van der Waals surface area (Å²) >= 11 is 0. The summed E-state index contributed by atoms with van der Waals surface area (Å²) in [6, 6.07) is 4.61. The number of amides is 1. The fraction of sp³-hybridized carbons (Fsp3) is 0.800.